The molecule has 0 saturated carbocycles. The van der Waals surface area contributed by atoms with E-state index in [4.69, 9.17) is 14.3 Å². The zero-order chi connectivity index (χ0) is 17.5. The first-order chi connectivity index (χ1) is 11.6. The average molecular weight is 334 g/mol. The Morgan fingerprint density at radius 3 is 2.58 bits per heavy atom. The van der Waals surface area contributed by atoms with E-state index in [2.05, 4.69) is 19.0 Å². The molecule has 1 saturated heterocycles. The number of ether oxygens (including phenoxy) is 2. The number of amides is 1. The van der Waals surface area contributed by atoms with Gasteiger partial charge in [-0.2, -0.15) is 0 Å². The Bertz CT molecular complexity index is 578. The van der Waals surface area contributed by atoms with Crippen molar-refractivity contribution in [2.24, 2.45) is 5.16 Å². The van der Waals surface area contributed by atoms with E-state index in [1.165, 1.54) is 12.6 Å². The molecule has 1 fully saturated rings. The molecule has 1 aromatic rings. The van der Waals surface area contributed by atoms with Gasteiger partial charge in [-0.15, -0.1) is 0 Å². The first-order valence-corrected chi connectivity index (χ1v) is 8.26. The standard InChI is InChI=1S/C18H26N2O4/c1-13-7-5-8-14(2)20(13)17(21)12-24-19-11-15-9-6-10-16(22-3)18(15)23-4/h6,9-11,13-14H,5,7-8,12H2,1-4H3/b19-11-/t13-,14+. The van der Waals surface area contributed by atoms with Gasteiger partial charge in [0.15, 0.2) is 18.1 Å². The molecule has 0 bridgehead atoms. The maximum Gasteiger partial charge on any atom is 0.263 e. The molecular weight excluding hydrogens is 308 g/mol. The Balaban J connectivity index is 1.94. The van der Waals surface area contributed by atoms with Crippen LogP contribution in [0.25, 0.3) is 0 Å². The number of hydrogen-bond acceptors (Lipinski definition) is 5. The molecule has 1 aromatic carbocycles. The molecule has 0 aliphatic carbocycles. The van der Waals surface area contributed by atoms with Gasteiger partial charge in [0.05, 0.1) is 20.4 Å². The number of piperidine rings is 1. The molecule has 0 spiro atoms. The smallest absolute Gasteiger partial charge is 0.263 e. The van der Waals surface area contributed by atoms with Crippen LogP contribution in [0.15, 0.2) is 23.4 Å². The number of hydrogen-bond donors (Lipinski definition) is 0. The van der Waals surface area contributed by atoms with Crippen molar-refractivity contribution in [2.45, 2.75) is 45.2 Å². The van der Waals surface area contributed by atoms with Crippen molar-refractivity contribution in [3.63, 3.8) is 0 Å². The Labute approximate surface area is 143 Å². The molecule has 132 valence electrons. The fourth-order valence-corrected chi connectivity index (χ4v) is 3.19. The number of rotatable bonds is 6. The predicted octanol–water partition coefficient (Wildman–Crippen LogP) is 2.84. The van der Waals surface area contributed by atoms with Crippen molar-refractivity contribution in [3.05, 3.63) is 23.8 Å². The highest BCUT2D eigenvalue weighted by Crippen LogP contribution is 2.29. The van der Waals surface area contributed by atoms with Gasteiger partial charge in [-0.1, -0.05) is 11.2 Å². The summed E-state index contributed by atoms with van der Waals surface area (Å²) in [4.78, 5) is 19.4. The van der Waals surface area contributed by atoms with Crippen LogP contribution in [0.2, 0.25) is 0 Å². The highest BCUT2D eigenvalue weighted by molar-refractivity contribution is 5.85. The first kappa shape index (κ1) is 18.1. The first-order valence-electron chi connectivity index (χ1n) is 8.26. The molecule has 0 radical (unpaired) electrons. The third-order valence-corrected chi connectivity index (χ3v) is 4.37. The van der Waals surface area contributed by atoms with E-state index in [0.717, 1.165) is 18.4 Å². The molecular formula is C18H26N2O4. The van der Waals surface area contributed by atoms with E-state index in [9.17, 15) is 4.79 Å². The van der Waals surface area contributed by atoms with Crippen LogP contribution < -0.4 is 9.47 Å². The molecule has 6 nitrogen and oxygen atoms in total. The lowest BCUT2D eigenvalue weighted by Gasteiger charge is -2.38. The summed E-state index contributed by atoms with van der Waals surface area (Å²) in [6.07, 6.45) is 4.78. The zero-order valence-electron chi connectivity index (χ0n) is 14.8. The van der Waals surface area contributed by atoms with E-state index < -0.39 is 0 Å². The van der Waals surface area contributed by atoms with Crippen LogP contribution in [-0.2, 0) is 9.63 Å². The molecule has 24 heavy (non-hydrogen) atoms. The fourth-order valence-electron chi connectivity index (χ4n) is 3.19. The minimum atomic E-state index is -0.0581. The van der Waals surface area contributed by atoms with Crippen molar-refractivity contribution in [3.8, 4) is 11.5 Å². The summed E-state index contributed by atoms with van der Waals surface area (Å²) in [6.45, 7) is 4.10. The van der Waals surface area contributed by atoms with Gasteiger partial charge in [0, 0.05) is 17.6 Å². The van der Waals surface area contributed by atoms with E-state index >= 15 is 0 Å². The van der Waals surface area contributed by atoms with Crippen molar-refractivity contribution >= 4 is 12.1 Å². The summed E-state index contributed by atoms with van der Waals surface area (Å²) >= 11 is 0. The van der Waals surface area contributed by atoms with Crippen molar-refractivity contribution in [2.75, 3.05) is 20.8 Å². The van der Waals surface area contributed by atoms with Gasteiger partial charge < -0.3 is 19.2 Å². The van der Waals surface area contributed by atoms with Crippen LogP contribution in [-0.4, -0.2) is 49.9 Å². The van der Waals surface area contributed by atoms with Gasteiger partial charge in [-0.25, -0.2) is 0 Å². The lowest BCUT2D eigenvalue weighted by atomic mass is 9.97. The number of para-hydroxylation sites is 1. The molecule has 1 aliphatic rings. The summed E-state index contributed by atoms with van der Waals surface area (Å²) in [5.74, 6) is 1.18. The number of nitrogens with zero attached hydrogens (tertiary/aromatic N) is 2. The minimum Gasteiger partial charge on any atom is -0.493 e. The lowest BCUT2D eigenvalue weighted by Crippen LogP contribution is -2.48. The normalized spacial score (nSPS) is 20.9. The van der Waals surface area contributed by atoms with Crippen LogP contribution in [0.5, 0.6) is 11.5 Å². The Morgan fingerprint density at radius 1 is 1.25 bits per heavy atom. The van der Waals surface area contributed by atoms with Crippen LogP contribution in [0.1, 0.15) is 38.7 Å². The molecule has 0 unspecified atom stereocenters. The van der Waals surface area contributed by atoms with E-state index in [-0.39, 0.29) is 24.6 Å². The number of benzene rings is 1. The van der Waals surface area contributed by atoms with E-state index in [0.29, 0.717) is 11.5 Å². The number of methoxy groups -OCH3 is 2. The summed E-state index contributed by atoms with van der Waals surface area (Å²) < 4.78 is 10.6. The molecule has 2 atom stereocenters. The highest BCUT2D eigenvalue weighted by atomic mass is 16.6. The number of likely N-dealkylation sites (tertiary alicyclic amines) is 1. The largest absolute Gasteiger partial charge is 0.493 e. The van der Waals surface area contributed by atoms with Crippen molar-refractivity contribution in [1.82, 2.24) is 4.90 Å². The second-order valence-electron chi connectivity index (χ2n) is 6.02. The Kier molecular flexibility index (Phi) is 6.46. The molecule has 2 rings (SSSR count). The van der Waals surface area contributed by atoms with Gasteiger partial charge in [-0.05, 0) is 45.2 Å². The molecule has 6 heteroatoms. The van der Waals surface area contributed by atoms with Gasteiger partial charge in [-0.3, -0.25) is 4.79 Å². The van der Waals surface area contributed by atoms with Gasteiger partial charge >= 0.3 is 0 Å². The third kappa shape index (κ3) is 4.19. The van der Waals surface area contributed by atoms with Crippen LogP contribution >= 0.6 is 0 Å². The van der Waals surface area contributed by atoms with Gasteiger partial charge in [0.1, 0.15) is 0 Å². The summed E-state index contributed by atoms with van der Waals surface area (Å²) in [6, 6.07) is 6.00. The topological polar surface area (TPSA) is 60.4 Å². The zero-order valence-corrected chi connectivity index (χ0v) is 14.8. The predicted molar refractivity (Wildman–Crippen MR) is 92.7 cm³/mol. The Hall–Kier alpha value is -2.24. The van der Waals surface area contributed by atoms with Crippen LogP contribution in [0.4, 0.5) is 0 Å². The average Bonchev–Trinajstić information content (AvgIpc) is 2.58. The summed E-state index contributed by atoms with van der Waals surface area (Å²) in [5.41, 5.74) is 0.726. The quantitative estimate of drug-likeness (QED) is 0.593. The minimum absolute atomic E-state index is 0.0237. The number of carbonyl (C=O) groups is 1. The maximum absolute atomic E-state index is 12.3. The van der Waals surface area contributed by atoms with Crippen LogP contribution in [0.3, 0.4) is 0 Å². The molecule has 1 amide bonds. The third-order valence-electron chi connectivity index (χ3n) is 4.37. The molecule has 0 N–H and O–H groups in total. The second kappa shape index (κ2) is 8.57. The fraction of sp³-hybridized carbons (Fsp3) is 0.556. The molecule has 0 aromatic heterocycles. The van der Waals surface area contributed by atoms with E-state index in [1.807, 2.05) is 17.0 Å². The lowest BCUT2D eigenvalue weighted by molar-refractivity contribution is -0.142. The summed E-state index contributed by atoms with van der Waals surface area (Å²) in [5, 5.41) is 3.90. The van der Waals surface area contributed by atoms with Gasteiger partial charge in [0.25, 0.3) is 5.91 Å². The van der Waals surface area contributed by atoms with Gasteiger partial charge in [0.2, 0.25) is 0 Å². The monoisotopic (exact) mass is 334 g/mol. The van der Waals surface area contributed by atoms with Crippen LogP contribution in [0, 0.1) is 0 Å². The SMILES string of the molecule is COc1cccc(/C=N\OCC(=O)N2[C@H](C)CCC[C@@H]2C)c1OC. The summed E-state index contributed by atoms with van der Waals surface area (Å²) in [7, 11) is 3.15. The second-order valence-corrected chi connectivity index (χ2v) is 6.02. The van der Waals surface area contributed by atoms with Crippen molar-refractivity contribution in [1.29, 1.82) is 0 Å². The number of oxime groups is 1. The maximum atomic E-state index is 12.3. The molecule has 1 heterocycles. The van der Waals surface area contributed by atoms with E-state index in [1.54, 1.807) is 20.3 Å². The Morgan fingerprint density at radius 2 is 1.96 bits per heavy atom. The molecule has 1 aliphatic heterocycles. The van der Waals surface area contributed by atoms with Crippen molar-refractivity contribution < 1.29 is 19.1 Å². The highest BCUT2D eigenvalue weighted by Gasteiger charge is 2.28. The number of carbonyl (C=O) groups excluding carboxylic acids is 1.